The normalized spacial score (nSPS) is 12.6. The van der Waals surface area contributed by atoms with Gasteiger partial charge >= 0.3 is 6.09 Å². The van der Waals surface area contributed by atoms with Crippen molar-refractivity contribution in [2.75, 3.05) is 11.9 Å². The molecule has 2 atom stereocenters. The van der Waals surface area contributed by atoms with Crippen LogP contribution in [0.25, 0.3) is 0 Å². The third kappa shape index (κ3) is 10.3. The highest BCUT2D eigenvalue weighted by Crippen LogP contribution is 2.30. The summed E-state index contributed by atoms with van der Waals surface area (Å²) in [7, 11) is 0. The summed E-state index contributed by atoms with van der Waals surface area (Å²) in [5, 5.41) is 15.9. The fraction of sp³-hybridized carbons (Fsp3) is 0.400. The van der Waals surface area contributed by atoms with Crippen LogP contribution in [-0.2, 0) is 20.7 Å². The number of aryl methyl sites for hydroxylation is 1. The maximum absolute atomic E-state index is 14.6. The Morgan fingerprint density at radius 2 is 1.61 bits per heavy atom. The summed E-state index contributed by atoms with van der Waals surface area (Å²) in [4.78, 5) is 43.3. The molecule has 0 aliphatic rings. The molecule has 0 bridgehead atoms. The molecule has 236 valence electrons. The molecule has 0 aliphatic carbocycles. The monoisotopic (exact) mass is 621 g/mol. The quantitative estimate of drug-likeness (QED) is 0.171. The van der Waals surface area contributed by atoms with Crippen molar-refractivity contribution in [2.24, 2.45) is 0 Å². The highest BCUT2D eigenvalue weighted by Gasteiger charge is 2.36. The lowest BCUT2D eigenvalue weighted by molar-refractivity contribution is -0.140. The number of alkyl carbamates (subject to hydrolysis) is 1. The summed E-state index contributed by atoms with van der Waals surface area (Å²) in [5.74, 6) is -0.762. The minimum atomic E-state index is -1.05. The second-order valence-electron chi connectivity index (χ2n) is 11.9. The van der Waals surface area contributed by atoms with Crippen molar-refractivity contribution >= 4 is 35.2 Å². The molecule has 0 saturated carbocycles. The molecule has 44 heavy (non-hydrogen) atoms. The molecule has 2 unspecified atom stereocenters. The minimum absolute atomic E-state index is 0.0879. The topological polar surface area (TPSA) is 108 Å². The van der Waals surface area contributed by atoms with Gasteiger partial charge in [0.2, 0.25) is 5.91 Å². The van der Waals surface area contributed by atoms with Crippen LogP contribution >= 0.6 is 11.6 Å². The SMILES string of the molecule is CCCCCCN(C(=O)C(Cc1ccc(O)cc1)NC(=O)OC(C)(C)C)C(C(=O)Nc1c(C)cccc1Cl)c1ccccc1. The summed E-state index contributed by atoms with van der Waals surface area (Å²) in [6.45, 7) is 9.48. The molecule has 0 fully saturated rings. The van der Waals surface area contributed by atoms with Crippen molar-refractivity contribution in [3.63, 3.8) is 0 Å². The largest absolute Gasteiger partial charge is 0.508 e. The van der Waals surface area contributed by atoms with Gasteiger partial charge in [-0.1, -0.05) is 92.4 Å². The number of rotatable bonds is 13. The number of para-hydroxylation sites is 1. The Morgan fingerprint density at radius 3 is 2.23 bits per heavy atom. The first-order valence-electron chi connectivity index (χ1n) is 15.1. The van der Waals surface area contributed by atoms with Crippen molar-refractivity contribution in [3.8, 4) is 5.75 Å². The number of carbonyl (C=O) groups is 3. The van der Waals surface area contributed by atoms with Gasteiger partial charge in [-0.05, 0) is 69.0 Å². The van der Waals surface area contributed by atoms with E-state index in [1.54, 1.807) is 43.9 Å². The van der Waals surface area contributed by atoms with Gasteiger partial charge in [0, 0.05) is 13.0 Å². The molecule has 9 heteroatoms. The number of benzene rings is 3. The van der Waals surface area contributed by atoms with Crippen LogP contribution in [0.5, 0.6) is 5.75 Å². The van der Waals surface area contributed by atoms with Crippen LogP contribution in [0.3, 0.4) is 0 Å². The Labute approximate surface area is 265 Å². The molecular weight excluding hydrogens is 578 g/mol. The zero-order chi connectivity index (χ0) is 32.3. The summed E-state index contributed by atoms with van der Waals surface area (Å²) < 4.78 is 5.51. The van der Waals surface area contributed by atoms with E-state index < -0.39 is 35.6 Å². The van der Waals surface area contributed by atoms with Crippen molar-refractivity contribution in [3.05, 3.63) is 94.5 Å². The minimum Gasteiger partial charge on any atom is -0.508 e. The molecule has 3 amide bonds. The molecule has 8 nitrogen and oxygen atoms in total. The van der Waals surface area contributed by atoms with Crippen LogP contribution in [0.2, 0.25) is 5.02 Å². The second-order valence-corrected chi connectivity index (χ2v) is 12.3. The van der Waals surface area contributed by atoms with Gasteiger partial charge in [0.05, 0.1) is 10.7 Å². The maximum Gasteiger partial charge on any atom is 0.408 e. The van der Waals surface area contributed by atoms with Crippen LogP contribution in [0, 0.1) is 6.92 Å². The number of carbonyl (C=O) groups excluding carboxylic acids is 3. The third-order valence-corrected chi connectivity index (χ3v) is 7.36. The number of phenols is 1. The number of anilines is 1. The Balaban J connectivity index is 2.07. The predicted octanol–water partition coefficient (Wildman–Crippen LogP) is 7.58. The highest BCUT2D eigenvalue weighted by molar-refractivity contribution is 6.34. The zero-order valence-corrected chi connectivity index (χ0v) is 27.0. The molecule has 3 aromatic rings. The number of aromatic hydroxyl groups is 1. The number of hydrogen-bond donors (Lipinski definition) is 3. The van der Waals surface area contributed by atoms with E-state index in [0.29, 0.717) is 22.7 Å². The Morgan fingerprint density at radius 1 is 0.932 bits per heavy atom. The van der Waals surface area contributed by atoms with E-state index in [-0.39, 0.29) is 18.7 Å². The molecule has 0 aliphatic heterocycles. The second kappa shape index (κ2) is 16.1. The van der Waals surface area contributed by atoms with Crippen LogP contribution in [0.1, 0.15) is 76.1 Å². The predicted molar refractivity (Wildman–Crippen MR) is 175 cm³/mol. The first kappa shape index (κ1) is 34.5. The van der Waals surface area contributed by atoms with Crippen molar-refractivity contribution in [1.29, 1.82) is 0 Å². The number of nitrogens with one attached hydrogen (secondary N) is 2. The molecule has 0 heterocycles. The average Bonchev–Trinajstić information content (AvgIpc) is 2.96. The molecule has 0 aromatic heterocycles. The van der Waals surface area contributed by atoms with E-state index in [4.69, 9.17) is 16.3 Å². The molecule has 0 saturated heterocycles. The Kier molecular flexibility index (Phi) is 12.6. The van der Waals surface area contributed by atoms with Gasteiger partial charge in [0.15, 0.2) is 0 Å². The summed E-state index contributed by atoms with van der Waals surface area (Å²) >= 11 is 6.47. The van der Waals surface area contributed by atoms with E-state index in [1.807, 2.05) is 49.4 Å². The first-order valence-corrected chi connectivity index (χ1v) is 15.5. The van der Waals surface area contributed by atoms with Gasteiger partial charge in [0.25, 0.3) is 5.91 Å². The van der Waals surface area contributed by atoms with E-state index in [1.165, 1.54) is 12.1 Å². The smallest absolute Gasteiger partial charge is 0.408 e. The first-order chi connectivity index (χ1) is 20.9. The third-order valence-electron chi connectivity index (χ3n) is 7.05. The van der Waals surface area contributed by atoms with E-state index in [0.717, 1.165) is 30.4 Å². The molecule has 0 radical (unpaired) electrons. The summed E-state index contributed by atoms with van der Waals surface area (Å²) in [5.41, 5.74) is 1.83. The zero-order valence-electron chi connectivity index (χ0n) is 26.2. The van der Waals surface area contributed by atoms with Crippen molar-refractivity contribution in [1.82, 2.24) is 10.2 Å². The average molecular weight is 622 g/mol. The molecule has 3 N–H and O–H groups in total. The van der Waals surface area contributed by atoms with Crippen LogP contribution in [0.4, 0.5) is 10.5 Å². The van der Waals surface area contributed by atoms with E-state index >= 15 is 0 Å². The van der Waals surface area contributed by atoms with Crippen LogP contribution < -0.4 is 10.6 Å². The number of hydrogen-bond acceptors (Lipinski definition) is 5. The van der Waals surface area contributed by atoms with E-state index in [9.17, 15) is 19.5 Å². The fourth-order valence-corrected chi connectivity index (χ4v) is 5.15. The Bertz CT molecular complexity index is 1370. The van der Waals surface area contributed by atoms with Crippen molar-refractivity contribution < 1.29 is 24.2 Å². The number of unbranched alkanes of at least 4 members (excludes halogenated alkanes) is 3. The fourth-order valence-electron chi connectivity index (χ4n) is 4.88. The van der Waals surface area contributed by atoms with Crippen LogP contribution in [-0.4, -0.2) is 46.1 Å². The summed E-state index contributed by atoms with van der Waals surface area (Å²) in [6.07, 6.45) is 2.90. The van der Waals surface area contributed by atoms with Gasteiger partial charge in [-0.15, -0.1) is 0 Å². The lowest BCUT2D eigenvalue weighted by atomic mass is 9.99. The molecule has 0 spiro atoms. The number of halogens is 1. The number of nitrogens with zero attached hydrogens (tertiary/aromatic N) is 1. The number of amides is 3. The standard InChI is InChI=1S/C35H44ClN3O5/c1-6-7-8-12-22-39(31(26-15-10-9-11-16-26)32(41)38-30-24(2)14-13-17-28(30)36)33(42)29(37-34(43)44-35(3,4)5)23-25-18-20-27(40)21-19-25/h9-11,13-21,29,31,40H,6-8,12,22-23H2,1-5H3,(H,37,43)(H,38,41). The number of phenolic OH excluding ortho intramolecular Hbond substituents is 1. The maximum atomic E-state index is 14.6. The molecule has 3 aromatic carbocycles. The number of ether oxygens (including phenoxy) is 1. The highest BCUT2D eigenvalue weighted by atomic mass is 35.5. The Hall–Kier alpha value is -4.04. The molecular formula is C35H44ClN3O5. The van der Waals surface area contributed by atoms with Gasteiger partial charge in [-0.25, -0.2) is 4.79 Å². The van der Waals surface area contributed by atoms with Gasteiger partial charge < -0.3 is 25.4 Å². The molecule has 3 rings (SSSR count). The van der Waals surface area contributed by atoms with Gasteiger partial charge in [-0.3, -0.25) is 9.59 Å². The lowest BCUT2D eigenvalue weighted by Gasteiger charge is -2.35. The van der Waals surface area contributed by atoms with Crippen molar-refractivity contribution in [2.45, 2.75) is 84.4 Å². The van der Waals surface area contributed by atoms with Gasteiger partial charge in [-0.2, -0.15) is 0 Å². The lowest BCUT2D eigenvalue weighted by Crippen LogP contribution is -2.53. The van der Waals surface area contributed by atoms with E-state index in [2.05, 4.69) is 17.6 Å². The van der Waals surface area contributed by atoms with Crippen LogP contribution in [0.15, 0.2) is 72.8 Å². The summed E-state index contributed by atoms with van der Waals surface area (Å²) in [6, 6.07) is 18.9. The van der Waals surface area contributed by atoms with Gasteiger partial charge in [0.1, 0.15) is 23.4 Å².